The number of ether oxygens (including phenoxy) is 2. The van der Waals surface area contributed by atoms with Crippen LogP contribution in [-0.4, -0.2) is 40.3 Å². The second-order valence-corrected chi connectivity index (χ2v) is 6.38. The molecule has 0 spiro atoms. The Labute approximate surface area is 172 Å². The number of aromatic amines is 3. The van der Waals surface area contributed by atoms with Gasteiger partial charge in [-0.05, 0) is 31.9 Å². The summed E-state index contributed by atoms with van der Waals surface area (Å²) >= 11 is 0. The molecule has 3 N–H and O–H groups in total. The smallest absolute Gasteiger partial charge is 0.341 e. The van der Waals surface area contributed by atoms with Gasteiger partial charge in [-0.1, -0.05) is 36.4 Å². The zero-order valence-electron chi connectivity index (χ0n) is 16.8. The molecule has 8 heteroatoms. The predicted octanol–water partition coefficient (Wildman–Crippen LogP) is 1.24. The summed E-state index contributed by atoms with van der Waals surface area (Å²) in [6.45, 7) is 3.66. The average Bonchev–Trinajstić information content (AvgIpc) is 3.32. The Hall–Kier alpha value is -3.81. The fourth-order valence-corrected chi connectivity index (χ4v) is 3.01. The minimum absolute atomic E-state index is 0.0323. The van der Waals surface area contributed by atoms with E-state index in [0.29, 0.717) is 17.0 Å². The van der Waals surface area contributed by atoms with Crippen molar-refractivity contribution in [3.8, 4) is 0 Å². The largest absolute Gasteiger partial charge is 0.462 e. The fraction of sp³-hybridized carbons (Fsp3) is 0.227. The van der Waals surface area contributed by atoms with Crippen LogP contribution in [0.3, 0.4) is 0 Å². The van der Waals surface area contributed by atoms with E-state index in [2.05, 4.69) is 15.2 Å². The van der Waals surface area contributed by atoms with E-state index in [1.54, 1.807) is 13.8 Å². The Morgan fingerprint density at radius 1 is 1.00 bits per heavy atom. The van der Waals surface area contributed by atoms with Gasteiger partial charge in [-0.2, -0.15) is 0 Å². The number of rotatable bonds is 7. The van der Waals surface area contributed by atoms with Crippen LogP contribution in [0.25, 0.3) is 12.2 Å². The number of H-pyrrole nitrogens is 3. The molecule has 0 aliphatic carbocycles. The van der Waals surface area contributed by atoms with Gasteiger partial charge in [0.05, 0.1) is 40.6 Å². The first-order chi connectivity index (χ1) is 14.5. The Bertz CT molecular complexity index is 1200. The predicted molar refractivity (Wildman–Crippen MR) is 112 cm³/mol. The summed E-state index contributed by atoms with van der Waals surface area (Å²) in [5.41, 5.74) is 1.11. The van der Waals surface area contributed by atoms with Crippen LogP contribution in [0.1, 0.15) is 45.8 Å². The molecule has 8 nitrogen and oxygen atoms in total. The van der Waals surface area contributed by atoms with Gasteiger partial charge in [0.2, 0.25) is 0 Å². The van der Waals surface area contributed by atoms with Gasteiger partial charge in [-0.15, -0.1) is 0 Å². The van der Waals surface area contributed by atoms with E-state index < -0.39 is 11.9 Å². The topological polar surface area (TPSA) is 117 Å². The van der Waals surface area contributed by atoms with Gasteiger partial charge in [-0.25, -0.2) is 9.59 Å². The van der Waals surface area contributed by atoms with Crippen molar-refractivity contribution in [2.45, 2.75) is 20.3 Å². The van der Waals surface area contributed by atoms with Crippen LogP contribution in [0.4, 0.5) is 0 Å². The van der Waals surface area contributed by atoms with Gasteiger partial charge in [0, 0.05) is 6.20 Å². The zero-order chi connectivity index (χ0) is 21.5. The number of hydrogen-bond donors (Lipinski definition) is 3. The molecular formula is C22H23N3O5. The van der Waals surface area contributed by atoms with E-state index in [-0.39, 0.29) is 35.6 Å². The third kappa shape index (κ3) is 4.60. The normalized spacial score (nSPS) is 12.2. The number of nitrogens with one attached hydrogen (secondary N) is 3. The first kappa shape index (κ1) is 20.9. The summed E-state index contributed by atoms with van der Waals surface area (Å²) < 4.78 is 10.1. The molecule has 1 aromatic carbocycles. The van der Waals surface area contributed by atoms with Crippen LogP contribution < -0.4 is 16.1 Å². The molecule has 0 bridgehead atoms. The Morgan fingerprint density at radius 3 is 2.40 bits per heavy atom. The molecule has 0 unspecified atom stereocenters. The highest BCUT2D eigenvalue weighted by Gasteiger charge is 2.24. The van der Waals surface area contributed by atoms with Crippen LogP contribution in [0, 0.1) is 0 Å². The van der Waals surface area contributed by atoms with Gasteiger partial charge in [0.1, 0.15) is 0 Å². The third-order valence-electron chi connectivity index (χ3n) is 4.40. The third-order valence-corrected chi connectivity index (χ3v) is 4.40. The van der Waals surface area contributed by atoms with Gasteiger partial charge in [-0.3, -0.25) is 15.0 Å². The van der Waals surface area contributed by atoms with Crippen LogP contribution in [-0.2, 0) is 15.9 Å². The van der Waals surface area contributed by atoms with Crippen molar-refractivity contribution in [2.75, 3.05) is 13.2 Å². The molecule has 0 saturated carbocycles. The van der Waals surface area contributed by atoms with Gasteiger partial charge in [0.25, 0.3) is 5.56 Å². The average molecular weight is 409 g/mol. The fourth-order valence-electron chi connectivity index (χ4n) is 3.01. The van der Waals surface area contributed by atoms with Gasteiger partial charge >= 0.3 is 11.9 Å². The molecule has 2 heterocycles. The Kier molecular flexibility index (Phi) is 6.69. The minimum Gasteiger partial charge on any atom is -0.462 e. The molecule has 2 aromatic heterocycles. The van der Waals surface area contributed by atoms with Crippen LogP contribution in [0.5, 0.6) is 0 Å². The van der Waals surface area contributed by atoms with Crippen molar-refractivity contribution in [1.82, 2.24) is 15.2 Å². The van der Waals surface area contributed by atoms with Crippen molar-refractivity contribution in [1.29, 1.82) is 0 Å². The highest BCUT2D eigenvalue weighted by molar-refractivity contribution is 6.05. The molecule has 0 amide bonds. The lowest BCUT2D eigenvalue weighted by molar-refractivity contribution is 0.0480. The van der Waals surface area contributed by atoms with E-state index in [1.807, 2.05) is 36.4 Å². The Balaban J connectivity index is 2.09. The monoisotopic (exact) mass is 409 g/mol. The van der Waals surface area contributed by atoms with Crippen LogP contribution >= 0.6 is 0 Å². The quantitative estimate of drug-likeness (QED) is 0.508. The molecule has 0 aliphatic heterocycles. The molecule has 3 aromatic rings. The lowest BCUT2D eigenvalue weighted by atomic mass is 10.1. The number of esters is 2. The number of benzene rings is 1. The molecule has 30 heavy (non-hydrogen) atoms. The maximum Gasteiger partial charge on any atom is 0.341 e. The van der Waals surface area contributed by atoms with E-state index >= 15 is 0 Å². The maximum absolute atomic E-state index is 12.5. The van der Waals surface area contributed by atoms with Crippen molar-refractivity contribution < 1.29 is 19.1 Å². The maximum atomic E-state index is 12.5. The first-order valence-electron chi connectivity index (χ1n) is 9.63. The number of carbonyl (C=O) groups is 2. The Morgan fingerprint density at radius 2 is 1.70 bits per heavy atom. The van der Waals surface area contributed by atoms with Gasteiger partial charge in [0.15, 0.2) is 0 Å². The van der Waals surface area contributed by atoms with Gasteiger partial charge < -0.3 is 14.5 Å². The molecular weight excluding hydrogens is 386 g/mol. The number of carbonyl (C=O) groups excluding carboxylic acids is 2. The molecule has 0 aliphatic rings. The molecule has 0 fully saturated rings. The SMILES string of the molecule is CCOC(=O)c1c[nH]c(C=c2c(=O)[nH][nH]c2=CCc2ccccc2)c1C(=O)OCC. The standard InChI is InChI=1S/C22H23N3O5/c1-3-29-21(27)16-13-23-18(19(16)22(28)30-4-2)12-15-17(24-25-20(15)26)11-10-14-8-6-5-7-9-14/h5-9,11-13,23-24H,3-4,10H2,1-2H3,(H,25,26). The summed E-state index contributed by atoms with van der Waals surface area (Å²) in [6, 6.07) is 9.79. The van der Waals surface area contributed by atoms with Crippen molar-refractivity contribution >= 4 is 24.1 Å². The molecule has 0 saturated heterocycles. The van der Waals surface area contributed by atoms with Crippen molar-refractivity contribution in [2.24, 2.45) is 0 Å². The van der Waals surface area contributed by atoms with Crippen LogP contribution in [0.2, 0.25) is 0 Å². The molecule has 0 atom stereocenters. The summed E-state index contributed by atoms with van der Waals surface area (Å²) in [7, 11) is 0. The molecule has 156 valence electrons. The molecule has 0 radical (unpaired) electrons. The highest BCUT2D eigenvalue weighted by atomic mass is 16.5. The lowest BCUT2D eigenvalue weighted by Crippen LogP contribution is -2.33. The minimum atomic E-state index is -0.671. The van der Waals surface area contributed by atoms with Crippen molar-refractivity contribution in [3.63, 3.8) is 0 Å². The second-order valence-electron chi connectivity index (χ2n) is 6.38. The van der Waals surface area contributed by atoms with Crippen molar-refractivity contribution in [3.05, 3.63) is 79.8 Å². The van der Waals surface area contributed by atoms with E-state index in [4.69, 9.17) is 9.47 Å². The molecule has 3 rings (SSSR count). The first-order valence-corrected chi connectivity index (χ1v) is 9.63. The zero-order valence-corrected chi connectivity index (χ0v) is 16.8. The highest BCUT2D eigenvalue weighted by Crippen LogP contribution is 2.17. The number of hydrogen-bond acceptors (Lipinski definition) is 5. The summed E-state index contributed by atoms with van der Waals surface area (Å²) in [6.07, 6.45) is 5.38. The lowest BCUT2D eigenvalue weighted by Gasteiger charge is -2.05. The van der Waals surface area contributed by atoms with Crippen LogP contribution in [0.15, 0.2) is 41.3 Å². The van der Waals surface area contributed by atoms with E-state index in [9.17, 15) is 14.4 Å². The summed E-state index contributed by atoms with van der Waals surface area (Å²) in [5, 5.41) is 6.30. The second kappa shape index (κ2) is 9.60. The van der Waals surface area contributed by atoms with E-state index in [0.717, 1.165) is 5.56 Å². The summed E-state index contributed by atoms with van der Waals surface area (Å²) in [4.78, 5) is 40.0. The number of aromatic nitrogens is 3. The van der Waals surface area contributed by atoms with E-state index in [1.165, 1.54) is 12.3 Å². The summed E-state index contributed by atoms with van der Waals surface area (Å²) in [5.74, 6) is -1.31.